The van der Waals surface area contributed by atoms with Gasteiger partial charge in [-0.1, -0.05) is 0 Å². The van der Waals surface area contributed by atoms with Gasteiger partial charge in [-0.05, 0) is 49.2 Å². The number of carbonyl (C=O) groups is 1. The third kappa shape index (κ3) is 3.38. The Balaban J connectivity index is 1.63. The van der Waals surface area contributed by atoms with Gasteiger partial charge in [0.15, 0.2) is 5.69 Å². The predicted octanol–water partition coefficient (Wildman–Crippen LogP) is 2.78. The zero-order valence-corrected chi connectivity index (χ0v) is 18.0. The van der Waals surface area contributed by atoms with E-state index >= 15 is 0 Å². The lowest BCUT2D eigenvalue weighted by Gasteiger charge is -2.43. The first-order valence-corrected chi connectivity index (χ1v) is 10.6. The van der Waals surface area contributed by atoms with E-state index in [0.29, 0.717) is 41.1 Å². The number of aromatic nitrogens is 5. The number of amides is 1. The molecule has 0 saturated heterocycles. The van der Waals surface area contributed by atoms with Crippen LogP contribution in [-0.4, -0.2) is 30.6 Å². The van der Waals surface area contributed by atoms with Crippen LogP contribution in [0.3, 0.4) is 0 Å². The molecule has 10 heteroatoms. The first-order chi connectivity index (χ1) is 16.4. The van der Waals surface area contributed by atoms with E-state index in [4.69, 9.17) is 21.5 Å². The van der Waals surface area contributed by atoms with Gasteiger partial charge in [0.25, 0.3) is 5.91 Å². The molecule has 1 fully saturated rings. The monoisotopic (exact) mass is 449 g/mol. The van der Waals surface area contributed by atoms with E-state index in [1.807, 2.05) is 24.4 Å². The van der Waals surface area contributed by atoms with Crippen LogP contribution in [0.15, 0.2) is 48.8 Å². The molecular formula is C24H19N9O. The lowest BCUT2D eigenvalue weighted by Crippen LogP contribution is -2.46. The number of rotatable bonds is 5. The van der Waals surface area contributed by atoms with Crippen molar-refractivity contribution in [3.05, 3.63) is 54.5 Å². The van der Waals surface area contributed by atoms with Crippen LogP contribution in [-0.2, 0) is 5.54 Å². The van der Waals surface area contributed by atoms with Crippen molar-refractivity contribution in [2.75, 3.05) is 5.73 Å². The average Bonchev–Trinajstić information content (AvgIpc) is 3.31. The van der Waals surface area contributed by atoms with Crippen LogP contribution < -0.4 is 11.5 Å². The van der Waals surface area contributed by atoms with Crippen LogP contribution in [0.5, 0.6) is 0 Å². The summed E-state index contributed by atoms with van der Waals surface area (Å²) in [6, 6.07) is 15.1. The van der Waals surface area contributed by atoms with E-state index in [1.54, 1.807) is 29.1 Å². The minimum atomic E-state index is -0.726. The summed E-state index contributed by atoms with van der Waals surface area (Å²) in [5, 5.41) is 24.1. The maximum absolute atomic E-state index is 11.7. The van der Waals surface area contributed by atoms with Crippen LogP contribution in [0.4, 0.5) is 5.69 Å². The molecule has 0 radical (unpaired) electrons. The number of nitrogen functional groups attached to an aromatic ring is 1. The molecule has 34 heavy (non-hydrogen) atoms. The molecule has 5 rings (SSSR count). The number of nitrogens with zero attached hydrogens (tertiary/aromatic N) is 7. The van der Waals surface area contributed by atoms with E-state index < -0.39 is 11.4 Å². The molecule has 1 aliphatic carbocycles. The van der Waals surface area contributed by atoms with Crippen molar-refractivity contribution < 1.29 is 4.79 Å². The molecule has 0 bridgehead atoms. The average molecular weight is 449 g/mol. The summed E-state index contributed by atoms with van der Waals surface area (Å²) in [4.78, 5) is 25.3. The number of nitrogens with two attached hydrogens (primary N) is 2. The van der Waals surface area contributed by atoms with Crippen LogP contribution in [0.1, 0.15) is 29.8 Å². The van der Waals surface area contributed by atoms with Crippen molar-refractivity contribution in [3.8, 4) is 34.9 Å². The highest BCUT2D eigenvalue weighted by molar-refractivity contribution is 5.97. The van der Waals surface area contributed by atoms with E-state index in [-0.39, 0.29) is 23.7 Å². The fourth-order valence-electron chi connectivity index (χ4n) is 4.43. The molecule has 4 N–H and O–H groups in total. The van der Waals surface area contributed by atoms with Crippen LogP contribution in [0.25, 0.3) is 33.7 Å². The van der Waals surface area contributed by atoms with Crippen molar-refractivity contribution in [3.63, 3.8) is 0 Å². The Morgan fingerprint density at radius 1 is 1.15 bits per heavy atom. The summed E-state index contributed by atoms with van der Waals surface area (Å²) in [6.07, 6.45) is 4.94. The third-order valence-electron chi connectivity index (χ3n) is 6.18. The van der Waals surface area contributed by atoms with Gasteiger partial charge in [0.1, 0.15) is 11.4 Å². The summed E-state index contributed by atoms with van der Waals surface area (Å²) >= 11 is 0. The van der Waals surface area contributed by atoms with Gasteiger partial charge in [0.2, 0.25) is 0 Å². The van der Waals surface area contributed by atoms with Crippen LogP contribution >= 0.6 is 0 Å². The highest BCUT2D eigenvalue weighted by Crippen LogP contribution is 2.46. The van der Waals surface area contributed by atoms with Crippen molar-refractivity contribution in [1.29, 1.82) is 10.5 Å². The molecule has 4 aromatic heterocycles. The third-order valence-corrected chi connectivity index (χ3v) is 6.18. The Morgan fingerprint density at radius 3 is 2.71 bits per heavy atom. The zero-order valence-electron chi connectivity index (χ0n) is 18.0. The summed E-state index contributed by atoms with van der Waals surface area (Å²) in [5.41, 5.74) is 13.7. The molecule has 0 aromatic carbocycles. The Kier molecular flexibility index (Phi) is 4.91. The van der Waals surface area contributed by atoms with Gasteiger partial charge in [-0.25, -0.2) is 9.97 Å². The number of hydrogen-bond acceptors (Lipinski definition) is 8. The van der Waals surface area contributed by atoms with Gasteiger partial charge >= 0.3 is 0 Å². The van der Waals surface area contributed by atoms with Crippen LogP contribution in [0, 0.1) is 28.6 Å². The minimum absolute atomic E-state index is 0.0262. The molecule has 10 nitrogen and oxygen atoms in total. The molecule has 0 aliphatic heterocycles. The number of carbonyl (C=O) groups excluding carboxylic acids is 1. The van der Waals surface area contributed by atoms with Crippen molar-refractivity contribution in [1.82, 2.24) is 24.7 Å². The second kappa shape index (κ2) is 7.94. The molecule has 0 atom stereocenters. The Hall–Kier alpha value is -4.83. The molecule has 4 aromatic rings. The first kappa shape index (κ1) is 21.0. The Labute approximate surface area is 194 Å². The minimum Gasteiger partial charge on any atom is -0.397 e. The maximum atomic E-state index is 11.7. The normalized spacial score (nSPS) is 19.2. The molecule has 4 heterocycles. The second-order valence-electron chi connectivity index (χ2n) is 8.36. The fraction of sp³-hybridized carbons (Fsp3) is 0.208. The van der Waals surface area contributed by atoms with Gasteiger partial charge in [0.05, 0.1) is 52.6 Å². The molecule has 1 amide bonds. The molecule has 0 spiro atoms. The van der Waals surface area contributed by atoms with Crippen LogP contribution in [0.2, 0.25) is 0 Å². The highest BCUT2D eigenvalue weighted by Gasteiger charge is 2.46. The maximum Gasteiger partial charge on any atom is 0.269 e. The lowest BCUT2D eigenvalue weighted by atomic mass is 9.67. The van der Waals surface area contributed by atoms with E-state index in [2.05, 4.69) is 22.1 Å². The largest absolute Gasteiger partial charge is 0.397 e. The predicted molar refractivity (Wildman–Crippen MR) is 123 cm³/mol. The van der Waals surface area contributed by atoms with Gasteiger partial charge in [0, 0.05) is 17.8 Å². The van der Waals surface area contributed by atoms with Crippen molar-refractivity contribution in [2.45, 2.75) is 24.8 Å². The Morgan fingerprint density at radius 2 is 1.97 bits per heavy atom. The second-order valence-corrected chi connectivity index (χ2v) is 8.36. The fourth-order valence-corrected chi connectivity index (χ4v) is 4.43. The number of anilines is 1. The van der Waals surface area contributed by atoms with E-state index in [1.165, 1.54) is 0 Å². The standard InChI is InChI=1S/C24H19N9O/c25-7-6-24(11-14(12-24)13-26)33-9-5-18(32-33)21-15-2-1-8-29-19(15)10-20(31-21)17-4-3-16(27)22(30-17)23(28)34/h1-5,8-10,14H,6,11-12,27H2,(H2,28,34)/t14-,24-. The van der Waals surface area contributed by atoms with Crippen molar-refractivity contribution >= 4 is 22.5 Å². The van der Waals surface area contributed by atoms with Crippen molar-refractivity contribution in [2.24, 2.45) is 11.7 Å². The topological polar surface area (TPSA) is 173 Å². The number of hydrogen-bond donors (Lipinski definition) is 2. The lowest BCUT2D eigenvalue weighted by molar-refractivity contribution is 0.0884. The Bertz CT molecular complexity index is 1520. The quantitative estimate of drug-likeness (QED) is 0.468. The molecule has 1 saturated carbocycles. The summed E-state index contributed by atoms with van der Waals surface area (Å²) in [7, 11) is 0. The molecule has 166 valence electrons. The zero-order chi connectivity index (χ0) is 23.9. The number of fused-ring (bicyclic) bond motifs is 1. The van der Waals surface area contributed by atoms with Gasteiger partial charge in [-0.3, -0.25) is 14.5 Å². The van der Waals surface area contributed by atoms with E-state index in [9.17, 15) is 15.3 Å². The SMILES string of the molecule is N#CC[C@]1(n2ccc(-c3nc(-c4ccc(N)c(C(N)=O)n4)cc4ncccc34)n2)C[C@H](C#N)C1. The summed E-state index contributed by atoms with van der Waals surface area (Å²) in [5.74, 6) is -0.806. The number of primary amides is 1. The summed E-state index contributed by atoms with van der Waals surface area (Å²) in [6.45, 7) is 0. The molecule has 0 unspecified atom stereocenters. The number of nitriles is 2. The highest BCUT2D eigenvalue weighted by atomic mass is 16.1. The summed E-state index contributed by atoms with van der Waals surface area (Å²) < 4.78 is 1.78. The smallest absolute Gasteiger partial charge is 0.269 e. The van der Waals surface area contributed by atoms with Gasteiger partial charge in [-0.2, -0.15) is 15.6 Å². The molecular weight excluding hydrogens is 430 g/mol. The van der Waals surface area contributed by atoms with Gasteiger partial charge < -0.3 is 11.5 Å². The van der Waals surface area contributed by atoms with Gasteiger partial charge in [-0.15, -0.1) is 0 Å². The first-order valence-electron chi connectivity index (χ1n) is 10.6. The van der Waals surface area contributed by atoms with E-state index in [0.717, 1.165) is 5.39 Å². The molecule has 1 aliphatic rings. The number of pyridine rings is 3.